The molecule has 3 rings (SSSR count). The number of nitrogens with zero attached hydrogens (tertiary/aromatic N) is 3. The second-order valence-corrected chi connectivity index (χ2v) is 8.97. The molecule has 1 amide bonds. The summed E-state index contributed by atoms with van der Waals surface area (Å²) in [6.07, 6.45) is -3.32. The van der Waals surface area contributed by atoms with Gasteiger partial charge in [0.25, 0.3) is 5.91 Å². The number of benzene rings is 2. The van der Waals surface area contributed by atoms with E-state index in [1.165, 1.54) is 24.3 Å². The lowest BCUT2D eigenvalue weighted by molar-refractivity contribution is -0.385. The van der Waals surface area contributed by atoms with Crippen molar-refractivity contribution in [1.82, 2.24) is 9.80 Å². The highest BCUT2D eigenvalue weighted by atomic mass is 35.5. The van der Waals surface area contributed by atoms with E-state index in [9.17, 15) is 28.1 Å². The Hall–Kier alpha value is -2.89. The molecular weight excluding hydrogens is 501 g/mol. The maximum atomic E-state index is 13.8. The van der Waals surface area contributed by atoms with Crippen molar-refractivity contribution in [3.8, 4) is 5.75 Å². The van der Waals surface area contributed by atoms with Gasteiger partial charge in [-0.05, 0) is 49.7 Å². The van der Waals surface area contributed by atoms with Gasteiger partial charge in [-0.1, -0.05) is 6.07 Å². The number of hydrogen-bond donors (Lipinski definition) is 1. The summed E-state index contributed by atoms with van der Waals surface area (Å²) in [5.41, 5.74) is -1.25. The molecule has 36 heavy (non-hydrogen) atoms. The molecule has 8 nitrogen and oxygen atoms in total. The number of nitro benzene ring substituents is 1. The minimum absolute atomic E-state index is 0.00117. The highest BCUT2D eigenvalue weighted by Gasteiger charge is 2.34. The normalized spacial score (nSPS) is 15.0. The number of piperazine rings is 1. The Kier molecular flexibility index (Phi) is 9.52. The van der Waals surface area contributed by atoms with Crippen molar-refractivity contribution in [2.75, 3.05) is 51.0 Å². The average molecular weight is 529 g/mol. The molecule has 1 aliphatic heterocycles. The van der Waals surface area contributed by atoms with Crippen molar-refractivity contribution in [1.29, 1.82) is 0 Å². The van der Waals surface area contributed by atoms with Gasteiger partial charge >= 0.3 is 11.9 Å². The van der Waals surface area contributed by atoms with Crippen molar-refractivity contribution in [2.45, 2.75) is 25.6 Å². The van der Waals surface area contributed by atoms with Crippen molar-refractivity contribution in [3.63, 3.8) is 0 Å². The van der Waals surface area contributed by atoms with Gasteiger partial charge in [0.05, 0.1) is 17.1 Å². The standard InChI is InChI=1S/C24H28ClF3N4O4/c1-30-9-11-31(12-10-30)16-18-4-6-19(15-20(18)24(26,27)28)29-23(33)17-5-7-22(21(14-17)32(34)35)36-13-3-2-8-25/h4-7,14-15H,2-3,8-13,16H2,1H3,(H,29,33). The van der Waals surface area contributed by atoms with E-state index in [1.54, 1.807) is 0 Å². The fraction of sp³-hybridized carbons (Fsp3) is 0.458. The van der Waals surface area contributed by atoms with Crippen LogP contribution in [0.1, 0.15) is 34.3 Å². The molecule has 0 atom stereocenters. The summed E-state index contributed by atoms with van der Waals surface area (Å²) in [5.74, 6) is -0.331. The Bertz CT molecular complexity index is 1080. The van der Waals surface area contributed by atoms with E-state index in [4.69, 9.17) is 16.3 Å². The lowest BCUT2D eigenvalue weighted by atomic mass is 10.0. The Morgan fingerprint density at radius 1 is 1.14 bits per heavy atom. The van der Waals surface area contributed by atoms with Crippen LogP contribution in [0.2, 0.25) is 0 Å². The molecule has 2 aromatic carbocycles. The SMILES string of the molecule is CN1CCN(Cc2ccc(NC(=O)c3ccc(OCCCCCl)c([N+](=O)[O-])c3)cc2C(F)(F)F)CC1. The third-order valence-electron chi connectivity index (χ3n) is 5.87. The van der Waals surface area contributed by atoms with Gasteiger partial charge in [-0.3, -0.25) is 19.8 Å². The maximum absolute atomic E-state index is 13.8. The summed E-state index contributed by atoms with van der Waals surface area (Å²) < 4.78 is 46.8. The zero-order chi connectivity index (χ0) is 26.3. The van der Waals surface area contributed by atoms with Crippen LogP contribution in [0.5, 0.6) is 5.75 Å². The lowest BCUT2D eigenvalue weighted by Crippen LogP contribution is -2.44. The van der Waals surface area contributed by atoms with Crippen LogP contribution in [0.3, 0.4) is 0 Å². The molecule has 0 aliphatic carbocycles. The second-order valence-electron chi connectivity index (χ2n) is 8.59. The van der Waals surface area contributed by atoms with Gasteiger partial charge < -0.3 is 15.0 Å². The minimum atomic E-state index is -4.61. The molecule has 1 saturated heterocycles. The zero-order valence-corrected chi connectivity index (χ0v) is 20.6. The second kappa shape index (κ2) is 12.4. The molecule has 0 saturated carbocycles. The number of alkyl halides is 4. The summed E-state index contributed by atoms with van der Waals surface area (Å²) in [4.78, 5) is 27.6. The van der Waals surface area contributed by atoms with Crippen molar-refractivity contribution in [2.24, 2.45) is 0 Å². The number of nitro groups is 1. The summed E-state index contributed by atoms with van der Waals surface area (Å²) in [7, 11) is 1.97. The number of likely N-dealkylation sites (N-methyl/N-ethyl adjacent to an activating group) is 1. The number of carbonyl (C=O) groups excluding carboxylic acids is 1. The molecule has 12 heteroatoms. The highest BCUT2D eigenvalue weighted by molar-refractivity contribution is 6.17. The third kappa shape index (κ3) is 7.55. The van der Waals surface area contributed by atoms with Crippen LogP contribution in [0.15, 0.2) is 36.4 Å². The van der Waals surface area contributed by atoms with Crippen LogP contribution in [-0.2, 0) is 12.7 Å². The predicted octanol–water partition coefficient (Wildman–Crippen LogP) is 5.01. The lowest BCUT2D eigenvalue weighted by Gasteiger charge is -2.33. The quantitative estimate of drug-likeness (QED) is 0.202. The molecule has 1 N–H and O–H groups in total. The smallest absolute Gasteiger partial charge is 0.416 e. The highest BCUT2D eigenvalue weighted by Crippen LogP contribution is 2.35. The molecule has 0 aromatic heterocycles. The van der Waals surface area contributed by atoms with E-state index in [0.29, 0.717) is 31.8 Å². The van der Waals surface area contributed by atoms with E-state index >= 15 is 0 Å². The van der Waals surface area contributed by atoms with Crippen molar-refractivity contribution >= 4 is 28.9 Å². The van der Waals surface area contributed by atoms with E-state index in [0.717, 1.165) is 25.2 Å². The molecule has 1 aliphatic rings. The first-order chi connectivity index (χ1) is 17.1. The number of rotatable bonds is 10. The molecule has 0 spiro atoms. The number of halogens is 4. The molecule has 196 valence electrons. The number of carbonyl (C=O) groups is 1. The molecule has 1 fully saturated rings. The maximum Gasteiger partial charge on any atom is 0.416 e. The van der Waals surface area contributed by atoms with Gasteiger partial charge in [-0.15, -0.1) is 11.6 Å². The molecular formula is C24H28ClF3N4O4. The van der Waals surface area contributed by atoms with Crippen molar-refractivity contribution in [3.05, 3.63) is 63.2 Å². The first-order valence-corrected chi connectivity index (χ1v) is 12.0. The van der Waals surface area contributed by atoms with Crippen LogP contribution in [0.4, 0.5) is 24.5 Å². The number of unbranched alkanes of at least 4 members (excludes halogenated alkanes) is 1. The van der Waals surface area contributed by atoms with Crippen LogP contribution in [0.25, 0.3) is 0 Å². The van der Waals surface area contributed by atoms with Crippen molar-refractivity contribution < 1.29 is 27.6 Å². The van der Waals surface area contributed by atoms with Gasteiger partial charge in [0, 0.05) is 55.9 Å². The molecule has 0 bridgehead atoms. The van der Waals surface area contributed by atoms with Gasteiger partial charge in [-0.2, -0.15) is 13.2 Å². The number of nitrogens with one attached hydrogen (secondary N) is 1. The van der Waals surface area contributed by atoms with Gasteiger partial charge in [0.15, 0.2) is 5.75 Å². The number of hydrogen-bond acceptors (Lipinski definition) is 6. The zero-order valence-electron chi connectivity index (χ0n) is 19.8. The van der Waals surface area contributed by atoms with E-state index in [2.05, 4.69) is 10.2 Å². The van der Waals surface area contributed by atoms with Crippen LogP contribution >= 0.6 is 11.6 Å². The predicted molar refractivity (Wildman–Crippen MR) is 131 cm³/mol. The molecule has 0 radical (unpaired) electrons. The van der Waals surface area contributed by atoms with E-state index in [-0.39, 0.29) is 35.7 Å². The topological polar surface area (TPSA) is 88.0 Å². The number of amides is 1. The Balaban J connectivity index is 1.76. The third-order valence-corrected chi connectivity index (χ3v) is 6.13. The van der Waals surface area contributed by atoms with Gasteiger partial charge in [-0.25, -0.2) is 0 Å². The Labute approximate surface area is 212 Å². The fourth-order valence-corrected chi connectivity index (χ4v) is 4.00. The Morgan fingerprint density at radius 2 is 1.86 bits per heavy atom. The van der Waals surface area contributed by atoms with Gasteiger partial charge in [0.2, 0.25) is 0 Å². The fourth-order valence-electron chi connectivity index (χ4n) is 3.81. The van der Waals surface area contributed by atoms with E-state index in [1.807, 2.05) is 11.9 Å². The molecule has 0 unspecified atom stereocenters. The number of ether oxygens (including phenoxy) is 1. The van der Waals surface area contributed by atoms with E-state index < -0.39 is 28.3 Å². The summed E-state index contributed by atoms with van der Waals surface area (Å²) in [6, 6.07) is 7.32. The summed E-state index contributed by atoms with van der Waals surface area (Å²) in [5, 5.41) is 13.9. The average Bonchev–Trinajstić information content (AvgIpc) is 2.83. The number of anilines is 1. The summed E-state index contributed by atoms with van der Waals surface area (Å²) >= 11 is 5.60. The first-order valence-electron chi connectivity index (χ1n) is 11.5. The van der Waals surface area contributed by atoms with Gasteiger partial charge in [0.1, 0.15) is 0 Å². The minimum Gasteiger partial charge on any atom is -0.487 e. The molecule has 2 aromatic rings. The Morgan fingerprint density at radius 3 is 2.50 bits per heavy atom. The monoisotopic (exact) mass is 528 g/mol. The first kappa shape index (κ1) is 27.7. The largest absolute Gasteiger partial charge is 0.487 e. The van der Waals surface area contributed by atoms with Crippen LogP contribution in [-0.4, -0.2) is 66.3 Å². The summed E-state index contributed by atoms with van der Waals surface area (Å²) in [6.45, 7) is 3.25. The van der Waals surface area contributed by atoms with Crippen LogP contribution in [0, 0.1) is 10.1 Å². The van der Waals surface area contributed by atoms with Crippen LogP contribution < -0.4 is 10.1 Å². The molecule has 1 heterocycles.